The molecule has 1 aromatic heterocycles. The zero-order valence-electron chi connectivity index (χ0n) is 16.0. The van der Waals surface area contributed by atoms with Gasteiger partial charge in [-0.2, -0.15) is 0 Å². The van der Waals surface area contributed by atoms with Gasteiger partial charge < -0.3 is 15.2 Å². The van der Waals surface area contributed by atoms with Crippen LogP contribution in [0.5, 0.6) is 5.88 Å². The van der Waals surface area contributed by atoms with Gasteiger partial charge in [0.05, 0.1) is 34.4 Å². The van der Waals surface area contributed by atoms with Gasteiger partial charge >= 0.3 is 0 Å². The van der Waals surface area contributed by atoms with Crippen LogP contribution >= 0.6 is 23.2 Å². The largest absolute Gasteiger partial charge is 0.477 e. The lowest BCUT2D eigenvalue weighted by Gasteiger charge is -2.28. The zero-order chi connectivity index (χ0) is 20.4. The first kappa shape index (κ1) is 20.5. The number of rotatable bonds is 6. The average Bonchev–Trinajstić information content (AvgIpc) is 3.54. The second kappa shape index (κ2) is 8.90. The maximum absolute atomic E-state index is 12.8. The Bertz CT molecular complexity index is 902. The molecule has 154 valence electrons. The molecule has 29 heavy (non-hydrogen) atoms. The molecule has 2 fully saturated rings. The molecule has 0 saturated heterocycles. The van der Waals surface area contributed by atoms with Crippen molar-refractivity contribution in [1.29, 1.82) is 0 Å². The van der Waals surface area contributed by atoms with Gasteiger partial charge in [-0.05, 0) is 55.4 Å². The van der Waals surface area contributed by atoms with E-state index in [9.17, 15) is 9.90 Å². The Morgan fingerprint density at radius 1 is 1.14 bits per heavy atom. The van der Waals surface area contributed by atoms with Crippen molar-refractivity contribution in [2.45, 2.75) is 50.7 Å². The number of hydrogen-bond acceptors (Lipinski definition) is 4. The molecule has 7 heteroatoms. The van der Waals surface area contributed by atoms with E-state index < -0.39 is 6.10 Å². The molecule has 2 atom stereocenters. The molecule has 4 rings (SSSR count). The number of hydrogen-bond donors (Lipinski definition) is 2. The number of aromatic nitrogens is 1. The molecule has 0 radical (unpaired) electrons. The molecule has 5 nitrogen and oxygen atoms in total. The van der Waals surface area contributed by atoms with Crippen LogP contribution in [-0.4, -0.2) is 34.8 Å². The predicted molar refractivity (Wildman–Crippen MR) is 114 cm³/mol. The summed E-state index contributed by atoms with van der Waals surface area (Å²) in [6, 6.07) is 6.84. The van der Waals surface area contributed by atoms with Crippen LogP contribution in [0.1, 0.15) is 48.9 Å². The smallest absolute Gasteiger partial charge is 0.253 e. The van der Waals surface area contributed by atoms with Gasteiger partial charge in [-0.1, -0.05) is 42.1 Å². The van der Waals surface area contributed by atoms with Crippen LogP contribution in [0, 0.1) is 5.92 Å². The van der Waals surface area contributed by atoms with Crippen LogP contribution in [0.3, 0.4) is 0 Å². The summed E-state index contributed by atoms with van der Waals surface area (Å²) in [5.41, 5.74) is 1.90. The molecular formula is C22H24Cl2N2O3. The summed E-state index contributed by atoms with van der Waals surface area (Å²) in [5.74, 6) is 0.803. The number of amides is 1. The summed E-state index contributed by atoms with van der Waals surface area (Å²) >= 11 is 12.3. The summed E-state index contributed by atoms with van der Waals surface area (Å²) < 4.78 is 5.93. The number of aliphatic hydroxyl groups excluding tert-OH is 1. The molecule has 0 unspecified atom stereocenters. The average molecular weight is 435 g/mol. The SMILES string of the molecule is O=C(N[C@H]1CCCC[C@@H]1O)c1cnc(OCC2CC2)c(-c2ccc(Cl)c(Cl)c2)c1. The number of pyridine rings is 1. The quantitative estimate of drug-likeness (QED) is 0.679. The minimum atomic E-state index is -0.503. The van der Waals surface area contributed by atoms with Gasteiger partial charge in [0.25, 0.3) is 5.91 Å². The Morgan fingerprint density at radius 3 is 2.66 bits per heavy atom. The Morgan fingerprint density at radius 2 is 1.93 bits per heavy atom. The van der Waals surface area contributed by atoms with E-state index in [2.05, 4.69) is 10.3 Å². The highest BCUT2D eigenvalue weighted by atomic mass is 35.5. The molecular weight excluding hydrogens is 411 g/mol. The van der Waals surface area contributed by atoms with Gasteiger partial charge in [0, 0.05) is 11.8 Å². The standard InChI is InChI=1S/C22H24Cl2N2O3/c23-17-8-7-14(10-18(17)24)16-9-15(11-25-22(16)29-12-13-5-6-13)21(28)26-19-3-1-2-4-20(19)27/h7-11,13,19-20,27H,1-6,12H2,(H,26,28)/t19-,20-/m0/s1. The third-order valence-corrected chi connectivity index (χ3v) is 6.28. The lowest BCUT2D eigenvalue weighted by molar-refractivity contribution is 0.0717. The van der Waals surface area contributed by atoms with Crippen molar-refractivity contribution in [3.8, 4) is 17.0 Å². The van der Waals surface area contributed by atoms with Gasteiger partial charge in [-0.25, -0.2) is 4.98 Å². The van der Waals surface area contributed by atoms with Crippen LogP contribution in [-0.2, 0) is 0 Å². The first-order valence-corrected chi connectivity index (χ1v) is 10.8. The van der Waals surface area contributed by atoms with Crippen molar-refractivity contribution in [3.63, 3.8) is 0 Å². The maximum Gasteiger partial charge on any atom is 0.253 e. The summed E-state index contributed by atoms with van der Waals surface area (Å²) in [7, 11) is 0. The number of nitrogens with zero attached hydrogens (tertiary/aromatic N) is 1. The number of halogens is 2. The molecule has 1 heterocycles. The topological polar surface area (TPSA) is 71.5 Å². The first-order valence-electron chi connectivity index (χ1n) is 10.1. The van der Waals surface area contributed by atoms with Crippen LogP contribution in [0.4, 0.5) is 0 Å². The van der Waals surface area contributed by atoms with Gasteiger partial charge in [-0.3, -0.25) is 4.79 Å². The minimum Gasteiger partial charge on any atom is -0.477 e. The zero-order valence-corrected chi connectivity index (χ0v) is 17.5. The highest BCUT2D eigenvalue weighted by Crippen LogP contribution is 2.35. The van der Waals surface area contributed by atoms with Crippen molar-refractivity contribution in [1.82, 2.24) is 10.3 Å². The molecule has 2 aliphatic rings. The van der Waals surface area contributed by atoms with Crippen molar-refractivity contribution < 1.29 is 14.6 Å². The minimum absolute atomic E-state index is 0.226. The second-order valence-electron chi connectivity index (χ2n) is 7.89. The molecule has 2 N–H and O–H groups in total. The van der Waals surface area contributed by atoms with Crippen molar-refractivity contribution in [3.05, 3.63) is 46.1 Å². The molecule has 1 amide bonds. The summed E-state index contributed by atoms with van der Waals surface area (Å²) in [5, 5.41) is 14.0. The van der Waals surface area contributed by atoms with Gasteiger partial charge in [0.15, 0.2) is 0 Å². The fourth-order valence-corrected chi connectivity index (χ4v) is 3.87. The molecule has 1 aromatic carbocycles. The normalized spacial score (nSPS) is 21.6. The van der Waals surface area contributed by atoms with Gasteiger partial charge in [0.2, 0.25) is 5.88 Å². The number of nitrogens with one attached hydrogen (secondary N) is 1. The lowest BCUT2D eigenvalue weighted by atomic mass is 9.92. The van der Waals surface area contributed by atoms with Crippen molar-refractivity contribution in [2.75, 3.05) is 6.61 Å². The molecule has 2 saturated carbocycles. The monoisotopic (exact) mass is 434 g/mol. The maximum atomic E-state index is 12.8. The second-order valence-corrected chi connectivity index (χ2v) is 8.71. The van der Waals surface area contributed by atoms with Crippen LogP contribution < -0.4 is 10.1 Å². The van der Waals surface area contributed by atoms with Crippen LogP contribution in [0.2, 0.25) is 10.0 Å². The van der Waals surface area contributed by atoms with Gasteiger partial charge in [0.1, 0.15) is 0 Å². The highest BCUT2D eigenvalue weighted by molar-refractivity contribution is 6.42. The highest BCUT2D eigenvalue weighted by Gasteiger charge is 2.26. The summed E-state index contributed by atoms with van der Waals surface area (Å²) in [4.78, 5) is 17.2. The fourth-order valence-electron chi connectivity index (χ4n) is 3.57. The molecule has 2 aromatic rings. The van der Waals surface area contributed by atoms with E-state index in [1.807, 2.05) is 6.07 Å². The summed E-state index contributed by atoms with van der Waals surface area (Å²) in [6.07, 6.45) is 6.85. The van der Waals surface area contributed by atoms with Crippen LogP contribution in [0.25, 0.3) is 11.1 Å². The Labute approximate surface area is 180 Å². The summed E-state index contributed by atoms with van der Waals surface area (Å²) in [6.45, 7) is 0.612. The van der Waals surface area contributed by atoms with Gasteiger partial charge in [-0.15, -0.1) is 0 Å². The van der Waals surface area contributed by atoms with Crippen LogP contribution in [0.15, 0.2) is 30.5 Å². The Hall–Kier alpha value is -1.82. The van der Waals surface area contributed by atoms with Crippen molar-refractivity contribution >= 4 is 29.1 Å². The molecule has 2 aliphatic carbocycles. The van der Waals surface area contributed by atoms with Crippen molar-refractivity contribution in [2.24, 2.45) is 5.92 Å². The van der Waals surface area contributed by atoms with E-state index >= 15 is 0 Å². The Balaban J connectivity index is 1.60. The van der Waals surface area contributed by atoms with E-state index in [1.165, 1.54) is 19.0 Å². The first-order chi connectivity index (χ1) is 14.0. The number of benzene rings is 1. The fraction of sp³-hybridized carbons (Fsp3) is 0.455. The lowest BCUT2D eigenvalue weighted by Crippen LogP contribution is -2.45. The molecule has 0 spiro atoms. The van der Waals surface area contributed by atoms with E-state index in [0.717, 1.165) is 24.8 Å². The molecule has 0 aliphatic heterocycles. The number of carbonyl (C=O) groups is 1. The molecule has 0 bridgehead atoms. The number of aliphatic hydroxyl groups is 1. The third kappa shape index (κ3) is 5.03. The van der Waals surface area contributed by atoms with E-state index in [0.29, 0.717) is 46.0 Å². The predicted octanol–water partition coefficient (Wildman–Crippen LogP) is 4.88. The third-order valence-electron chi connectivity index (χ3n) is 5.54. The van der Waals surface area contributed by atoms with E-state index in [-0.39, 0.29) is 11.9 Å². The van der Waals surface area contributed by atoms with E-state index in [4.69, 9.17) is 27.9 Å². The Kier molecular flexibility index (Phi) is 6.28. The number of carbonyl (C=O) groups excluding carboxylic acids is 1. The number of ether oxygens (including phenoxy) is 1. The van der Waals surface area contributed by atoms with E-state index in [1.54, 1.807) is 18.2 Å².